The van der Waals surface area contributed by atoms with Gasteiger partial charge in [-0.3, -0.25) is 0 Å². The Labute approximate surface area is 177 Å². The highest BCUT2D eigenvalue weighted by molar-refractivity contribution is 6.45. The molecule has 5 rings (SSSR count). The molecule has 0 saturated carbocycles. The van der Waals surface area contributed by atoms with Gasteiger partial charge in [-0.25, -0.2) is 0 Å². The number of fused-ring (bicyclic) bond motifs is 3. The normalized spacial score (nSPS) is 14.3. The summed E-state index contributed by atoms with van der Waals surface area (Å²) in [4.78, 5) is 0. The number of aryl methyl sites for hydroxylation is 2. The maximum atomic E-state index is 10.4. The van der Waals surface area contributed by atoms with Crippen molar-refractivity contribution in [1.29, 1.82) is 0 Å². The first-order valence-corrected chi connectivity index (χ1v) is 10.3. The fourth-order valence-corrected chi connectivity index (χ4v) is 4.66. The lowest BCUT2D eigenvalue weighted by atomic mass is 9.65. The van der Waals surface area contributed by atoms with Gasteiger partial charge in [-0.1, -0.05) is 96.1 Å². The molecule has 0 amide bonds. The minimum atomic E-state index is -1.47. The summed E-state index contributed by atoms with van der Waals surface area (Å²) < 4.78 is 0. The van der Waals surface area contributed by atoms with Crippen LogP contribution in [0.1, 0.15) is 28.1 Å². The van der Waals surface area contributed by atoms with Crippen LogP contribution >= 0.6 is 0 Å². The zero-order chi connectivity index (χ0) is 20.8. The SMILES string of the molecule is Cc1ccc(-c2ccc3c(c2-c2ccc(C)cc2)C(B(O)O)c2ccccc2-3)cc1. The average Bonchev–Trinajstić information content (AvgIpc) is 3.09. The molecule has 0 bridgehead atoms. The topological polar surface area (TPSA) is 40.5 Å². The quantitative estimate of drug-likeness (QED) is 0.437. The fraction of sp³-hybridized carbons (Fsp3) is 0.111. The Balaban J connectivity index is 1.85. The lowest BCUT2D eigenvalue weighted by molar-refractivity contribution is 0.397. The minimum absolute atomic E-state index is 0.474. The second-order valence-electron chi connectivity index (χ2n) is 8.16. The molecule has 2 nitrogen and oxygen atoms in total. The van der Waals surface area contributed by atoms with Gasteiger partial charge in [0.25, 0.3) is 0 Å². The van der Waals surface area contributed by atoms with Crippen LogP contribution in [0.4, 0.5) is 0 Å². The van der Waals surface area contributed by atoms with E-state index in [9.17, 15) is 10.0 Å². The lowest BCUT2D eigenvalue weighted by Crippen LogP contribution is -2.23. The Bertz CT molecular complexity index is 1220. The highest BCUT2D eigenvalue weighted by atomic mass is 16.4. The first-order chi connectivity index (χ1) is 14.5. The molecule has 0 spiro atoms. The molecule has 1 aliphatic carbocycles. The maximum Gasteiger partial charge on any atom is 0.464 e. The molecule has 0 aromatic heterocycles. The van der Waals surface area contributed by atoms with Crippen LogP contribution < -0.4 is 0 Å². The lowest BCUT2D eigenvalue weighted by Gasteiger charge is -2.20. The predicted molar refractivity (Wildman–Crippen MR) is 124 cm³/mol. The van der Waals surface area contributed by atoms with Crippen LogP contribution in [-0.2, 0) is 0 Å². The summed E-state index contributed by atoms with van der Waals surface area (Å²) >= 11 is 0. The number of benzene rings is 4. The Hall–Kier alpha value is -3.14. The van der Waals surface area contributed by atoms with E-state index in [1.165, 1.54) is 11.1 Å². The summed E-state index contributed by atoms with van der Waals surface area (Å²) in [6.07, 6.45) is 0. The van der Waals surface area contributed by atoms with Crippen LogP contribution in [0.2, 0.25) is 0 Å². The monoisotopic (exact) mass is 390 g/mol. The van der Waals surface area contributed by atoms with Gasteiger partial charge < -0.3 is 10.0 Å². The van der Waals surface area contributed by atoms with Crippen molar-refractivity contribution in [2.45, 2.75) is 19.7 Å². The molecule has 3 heteroatoms. The van der Waals surface area contributed by atoms with E-state index in [4.69, 9.17) is 0 Å². The van der Waals surface area contributed by atoms with Crippen molar-refractivity contribution >= 4 is 7.12 Å². The Morgan fingerprint density at radius 2 is 1.17 bits per heavy atom. The third kappa shape index (κ3) is 2.99. The summed E-state index contributed by atoms with van der Waals surface area (Å²) in [5.41, 5.74) is 10.9. The third-order valence-electron chi connectivity index (χ3n) is 6.14. The van der Waals surface area contributed by atoms with Crippen molar-refractivity contribution < 1.29 is 10.0 Å². The van der Waals surface area contributed by atoms with E-state index in [0.29, 0.717) is 0 Å². The van der Waals surface area contributed by atoms with E-state index in [2.05, 4.69) is 80.6 Å². The van der Waals surface area contributed by atoms with E-state index in [1.54, 1.807) is 0 Å². The van der Waals surface area contributed by atoms with Crippen LogP contribution in [-0.4, -0.2) is 17.2 Å². The van der Waals surface area contributed by atoms with Crippen molar-refractivity contribution in [3.63, 3.8) is 0 Å². The fourth-order valence-electron chi connectivity index (χ4n) is 4.66. The van der Waals surface area contributed by atoms with Gasteiger partial charge in [-0.2, -0.15) is 0 Å². The van der Waals surface area contributed by atoms with Gasteiger partial charge in [-0.05, 0) is 58.4 Å². The van der Waals surface area contributed by atoms with Gasteiger partial charge in [0.15, 0.2) is 0 Å². The zero-order valence-electron chi connectivity index (χ0n) is 17.1. The smallest absolute Gasteiger partial charge is 0.426 e. The third-order valence-corrected chi connectivity index (χ3v) is 6.14. The number of rotatable bonds is 3. The molecule has 4 aromatic carbocycles. The molecule has 2 N–H and O–H groups in total. The zero-order valence-corrected chi connectivity index (χ0v) is 17.1. The summed E-state index contributed by atoms with van der Waals surface area (Å²) in [5.74, 6) is -0.474. The van der Waals surface area contributed by atoms with Crippen molar-refractivity contribution in [2.24, 2.45) is 0 Å². The van der Waals surface area contributed by atoms with Crippen LogP contribution in [0.3, 0.4) is 0 Å². The molecule has 0 heterocycles. The second kappa shape index (κ2) is 7.28. The summed E-state index contributed by atoms with van der Waals surface area (Å²) in [6.45, 7) is 4.17. The molecule has 0 fully saturated rings. The molecule has 0 radical (unpaired) electrons. The Morgan fingerprint density at radius 1 is 0.600 bits per heavy atom. The van der Waals surface area contributed by atoms with Crippen molar-refractivity contribution in [3.8, 4) is 33.4 Å². The van der Waals surface area contributed by atoms with Gasteiger partial charge in [0.1, 0.15) is 0 Å². The average molecular weight is 390 g/mol. The van der Waals surface area contributed by atoms with Crippen molar-refractivity contribution in [1.82, 2.24) is 0 Å². The van der Waals surface area contributed by atoms with Gasteiger partial charge >= 0.3 is 7.12 Å². The highest BCUT2D eigenvalue weighted by Gasteiger charge is 2.39. The number of hydrogen-bond acceptors (Lipinski definition) is 2. The molecule has 1 atom stereocenters. The van der Waals surface area contributed by atoms with E-state index >= 15 is 0 Å². The molecular formula is C27H23BO2. The highest BCUT2D eigenvalue weighted by Crippen LogP contribution is 2.51. The van der Waals surface area contributed by atoms with Gasteiger partial charge in [0, 0.05) is 5.82 Å². The van der Waals surface area contributed by atoms with Gasteiger partial charge in [0.2, 0.25) is 0 Å². The predicted octanol–water partition coefficient (Wildman–Crippen LogP) is 5.76. The first-order valence-electron chi connectivity index (χ1n) is 10.3. The Kier molecular flexibility index (Phi) is 4.58. The minimum Gasteiger partial charge on any atom is -0.426 e. The molecule has 146 valence electrons. The van der Waals surface area contributed by atoms with E-state index in [-0.39, 0.29) is 0 Å². The first kappa shape index (κ1) is 18.9. The maximum absolute atomic E-state index is 10.4. The molecule has 30 heavy (non-hydrogen) atoms. The molecule has 1 aliphatic rings. The number of hydrogen-bond donors (Lipinski definition) is 2. The van der Waals surface area contributed by atoms with Crippen molar-refractivity contribution in [2.75, 3.05) is 0 Å². The van der Waals surface area contributed by atoms with E-state index in [1.807, 2.05) is 18.2 Å². The Morgan fingerprint density at radius 3 is 1.80 bits per heavy atom. The largest absolute Gasteiger partial charge is 0.464 e. The van der Waals surface area contributed by atoms with Crippen LogP contribution in [0.15, 0.2) is 84.9 Å². The van der Waals surface area contributed by atoms with E-state index in [0.717, 1.165) is 44.5 Å². The van der Waals surface area contributed by atoms with Crippen molar-refractivity contribution in [3.05, 3.63) is 107 Å². The molecule has 4 aromatic rings. The molecular weight excluding hydrogens is 367 g/mol. The second-order valence-corrected chi connectivity index (χ2v) is 8.16. The van der Waals surface area contributed by atoms with Crippen LogP contribution in [0, 0.1) is 13.8 Å². The van der Waals surface area contributed by atoms with Gasteiger partial charge in [0.05, 0.1) is 0 Å². The van der Waals surface area contributed by atoms with Crippen LogP contribution in [0.5, 0.6) is 0 Å². The van der Waals surface area contributed by atoms with Crippen LogP contribution in [0.25, 0.3) is 33.4 Å². The van der Waals surface area contributed by atoms with Gasteiger partial charge in [-0.15, -0.1) is 0 Å². The van der Waals surface area contributed by atoms with E-state index < -0.39 is 12.9 Å². The molecule has 0 aliphatic heterocycles. The summed E-state index contributed by atoms with van der Waals surface area (Å²) in [5, 5.41) is 20.8. The molecule has 0 saturated heterocycles. The summed E-state index contributed by atoms with van der Waals surface area (Å²) in [7, 11) is -1.47. The molecule has 1 unspecified atom stereocenters. The summed E-state index contributed by atoms with van der Waals surface area (Å²) in [6, 6.07) is 29.3. The standard InChI is InChI=1S/C27H23BO2/c1-17-7-11-19(12-8-17)21-15-16-23-22-5-3-4-6-24(22)27(28(29)30)26(23)25(21)20-13-9-18(2)10-14-20/h3-16,27,29-30H,1-2H3.